The minimum Gasteiger partial charge on any atom is -0.379 e. The minimum atomic E-state index is 0.0725. The van der Waals surface area contributed by atoms with Crippen LogP contribution >= 0.6 is 11.3 Å². The molecule has 2 fully saturated rings. The number of ether oxygens (including phenoxy) is 1. The molecule has 1 saturated carbocycles. The molecular formula is C23H26N4O2S. The average molecular weight is 423 g/mol. The summed E-state index contributed by atoms with van der Waals surface area (Å²) in [5.74, 6) is 0.800. The molecule has 1 N–H and O–H groups in total. The second-order valence-electron chi connectivity index (χ2n) is 8.14. The molecule has 0 unspecified atom stereocenters. The largest absolute Gasteiger partial charge is 0.379 e. The van der Waals surface area contributed by atoms with E-state index in [2.05, 4.69) is 38.4 Å². The summed E-state index contributed by atoms with van der Waals surface area (Å²) in [5.41, 5.74) is 2.97. The average Bonchev–Trinajstić information content (AvgIpc) is 3.34. The minimum absolute atomic E-state index is 0.0725. The van der Waals surface area contributed by atoms with Crippen LogP contribution in [0.2, 0.25) is 0 Å². The molecule has 0 radical (unpaired) electrons. The summed E-state index contributed by atoms with van der Waals surface area (Å²) in [5, 5.41) is 5.19. The fourth-order valence-electron chi connectivity index (χ4n) is 4.60. The van der Waals surface area contributed by atoms with Crippen molar-refractivity contribution in [2.45, 2.75) is 31.7 Å². The Hall–Kier alpha value is -2.35. The molecule has 0 spiro atoms. The number of hydrogen-bond acceptors (Lipinski definition) is 6. The van der Waals surface area contributed by atoms with Crippen LogP contribution in [0.15, 0.2) is 42.2 Å². The van der Waals surface area contributed by atoms with Crippen LogP contribution in [0.1, 0.15) is 25.7 Å². The third-order valence-corrected chi connectivity index (χ3v) is 7.14. The lowest BCUT2D eigenvalue weighted by Crippen LogP contribution is -2.45. The normalized spacial score (nSPS) is 22.8. The summed E-state index contributed by atoms with van der Waals surface area (Å²) in [6.07, 6.45) is 7.76. The van der Waals surface area contributed by atoms with Gasteiger partial charge in [0.1, 0.15) is 5.82 Å². The standard InChI is InChI=1S/C23H26N4O2S/c28-23(16-3-5-20(6-4-16)27-7-9-29-10-8-27)26-22-12-19-11-17(21-14-24-15-30-21)1-2-18(19)13-25-22/h1-2,11-16,20H,3-10H2,(H,25,26,28)/t16-,20-. The van der Waals surface area contributed by atoms with Gasteiger partial charge in [-0.1, -0.05) is 12.1 Å². The molecule has 1 amide bonds. The lowest BCUT2D eigenvalue weighted by molar-refractivity contribution is -0.121. The van der Waals surface area contributed by atoms with Gasteiger partial charge < -0.3 is 10.1 Å². The molecule has 30 heavy (non-hydrogen) atoms. The lowest BCUT2D eigenvalue weighted by Gasteiger charge is -2.38. The SMILES string of the molecule is O=C(Nc1cc2cc(-c3cncs3)ccc2cn1)[C@H]1CC[C@H](N2CCOCC2)CC1. The van der Waals surface area contributed by atoms with Gasteiger partial charge in [-0.05, 0) is 48.8 Å². The van der Waals surface area contributed by atoms with E-state index in [1.54, 1.807) is 11.3 Å². The van der Waals surface area contributed by atoms with Gasteiger partial charge in [0, 0.05) is 42.8 Å². The molecule has 2 aliphatic rings. The molecule has 1 aromatic carbocycles. The highest BCUT2D eigenvalue weighted by Gasteiger charge is 2.30. The number of morpholine rings is 1. The number of amides is 1. The molecule has 6 nitrogen and oxygen atoms in total. The van der Waals surface area contributed by atoms with Crippen molar-refractivity contribution in [1.29, 1.82) is 0 Å². The van der Waals surface area contributed by atoms with Crippen molar-refractivity contribution in [2.24, 2.45) is 5.92 Å². The molecular weight excluding hydrogens is 396 g/mol. The molecule has 3 aromatic rings. The van der Waals surface area contributed by atoms with E-state index in [1.165, 1.54) is 0 Å². The predicted molar refractivity (Wildman–Crippen MR) is 120 cm³/mol. The summed E-state index contributed by atoms with van der Waals surface area (Å²) in [4.78, 5) is 25.1. The van der Waals surface area contributed by atoms with E-state index in [4.69, 9.17) is 4.74 Å². The maximum absolute atomic E-state index is 12.8. The second-order valence-corrected chi connectivity index (χ2v) is 9.03. The van der Waals surface area contributed by atoms with Gasteiger partial charge in [0.15, 0.2) is 0 Å². The van der Waals surface area contributed by atoms with E-state index in [-0.39, 0.29) is 11.8 Å². The van der Waals surface area contributed by atoms with Crippen molar-refractivity contribution >= 4 is 33.8 Å². The number of rotatable bonds is 4. The highest BCUT2D eigenvalue weighted by molar-refractivity contribution is 7.13. The van der Waals surface area contributed by atoms with Gasteiger partial charge in [-0.2, -0.15) is 0 Å². The second kappa shape index (κ2) is 8.79. The van der Waals surface area contributed by atoms with E-state index in [0.717, 1.165) is 73.2 Å². The zero-order chi connectivity index (χ0) is 20.3. The highest BCUT2D eigenvalue weighted by Crippen LogP contribution is 2.30. The van der Waals surface area contributed by atoms with Crippen LogP contribution in [0.4, 0.5) is 5.82 Å². The van der Waals surface area contributed by atoms with Crippen LogP contribution < -0.4 is 5.32 Å². The van der Waals surface area contributed by atoms with Crippen molar-refractivity contribution in [3.05, 3.63) is 42.2 Å². The lowest BCUT2D eigenvalue weighted by atomic mass is 9.84. The number of carbonyl (C=O) groups excluding carboxylic acids is 1. The number of benzene rings is 1. The Kier molecular flexibility index (Phi) is 5.75. The van der Waals surface area contributed by atoms with Crippen LogP contribution in [0.5, 0.6) is 0 Å². The van der Waals surface area contributed by atoms with Gasteiger partial charge in [-0.15, -0.1) is 11.3 Å². The Bertz CT molecular complexity index is 1010. The van der Waals surface area contributed by atoms with E-state index < -0.39 is 0 Å². The predicted octanol–water partition coefficient (Wildman–Crippen LogP) is 4.19. The molecule has 0 atom stereocenters. The Balaban J connectivity index is 1.23. The third kappa shape index (κ3) is 4.24. The molecule has 1 saturated heterocycles. The maximum atomic E-state index is 12.8. The van der Waals surface area contributed by atoms with Crippen LogP contribution in [0.3, 0.4) is 0 Å². The Morgan fingerprint density at radius 3 is 2.67 bits per heavy atom. The van der Waals surface area contributed by atoms with Crippen molar-refractivity contribution < 1.29 is 9.53 Å². The van der Waals surface area contributed by atoms with Crippen LogP contribution in [0.25, 0.3) is 21.2 Å². The summed E-state index contributed by atoms with van der Waals surface area (Å²) < 4.78 is 5.46. The summed E-state index contributed by atoms with van der Waals surface area (Å²) in [6.45, 7) is 3.70. The molecule has 1 aliphatic carbocycles. The summed E-state index contributed by atoms with van der Waals surface area (Å²) in [6, 6.07) is 8.85. The molecule has 7 heteroatoms. The Morgan fingerprint density at radius 2 is 1.90 bits per heavy atom. The van der Waals surface area contributed by atoms with Crippen molar-refractivity contribution in [2.75, 3.05) is 31.6 Å². The molecule has 3 heterocycles. The third-order valence-electron chi connectivity index (χ3n) is 6.32. The van der Waals surface area contributed by atoms with Crippen LogP contribution in [-0.2, 0) is 9.53 Å². The first-order valence-corrected chi connectivity index (χ1v) is 11.6. The highest BCUT2D eigenvalue weighted by atomic mass is 32.1. The molecule has 0 bridgehead atoms. The fraction of sp³-hybridized carbons (Fsp3) is 0.435. The molecule has 156 valence electrons. The van der Waals surface area contributed by atoms with Crippen molar-refractivity contribution in [3.8, 4) is 10.4 Å². The van der Waals surface area contributed by atoms with Gasteiger partial charge >= 0.3 is 0 Å². The number of hydrogen-bond donors (Lipinski definition) is 1. The number of carbonyl (C=O) groups is 1. The summed E-state index contributed by atoms with van der Waals surface area (Å²) in [7, 11) is 0. The monoisotopic (exact) mass is 422 g/mol. The van der Waals surface area contributed by atoms with Gasteiger partial charge in [0.2, 0.25) is 5.91 Å². The van der Waals surface area contributed by atoms with E-state index >= 15 is 0 Å². The first-order valence-electron chi connectivity index (χ1n) is 10.7. The maximum Gasteiger partial charge on any atom is 0.228 e. The van der Waals surface area contributed by atoms with Crippen LogP contribution in [-0.4, -0.2) is 53.1 Å². The first kappa shape index (κ1) is 19.6. The van der Waals surface area contributed by atoms with Crippen molar-refractivity contribution in [1.82, 2.24) is 14.9 Å². The number of anilines is 1. The molecule has 2 aromatic heterocycles. The van der Waals surface area contributed by atoms with Gasteiger partial charge in [0.25, 0.3) is 0 Å². The van der Waals surface area contributed by atoms with Gasteiger partial charge in [-0.25, -0.2) is 4.98 Å². The summed E-state index contributed by atoms with van der Waals surface area (Å²) >= 11 is 1.62. The topological polar surface area (TPSA) is 67.4 Å². The number of pyridine rings is 1. The van der Waals surface area contributed by atoms with E-state index in [0.29, 0.717) is 11.9 Å². The van der Waals surface area contributed by atoms with Gasteiger partial charge in [0.05, 0.1) is 23.6 Å². The Morgan fingerprint density at radius 1 is 1.07 bits per heavy atom. The first-order chi connectivity index (χ1) is 14.8. The van der Waals surface area contributed by atoms with Gasteiger partial charge in [-0.3, -0.25) is 14.7 Å². The van der Waals surface area contributed by atoms with E-state index in [9.17, 15) is 4.79 Å². The Labute approximate surface area is 180 Å². The molecule has 5 rings (SSSR count). The molecule has 1 aliphatic heterocycles. The smallest absolute Gasteiger partial charge is 0.228 e. The zero-order valence-corrected chi connectivity index (χ0v) is 17.7. The van der Waals surface area contributed by atoms with Crippen LogP contribution in [0, 0.1) is 5.92 Å². The zero-order valence-electron chi connectivity index (χ0n) is 16.9. The quantitative estimate of drug-likeness (QED) is 0.683. The fourth-order valence-corrected chi connectivity index (χ4v) is 5.22. The van der Waals surface area contributed by atoms with Crippen molar-refractivity contribution in [3.63, 3.8) is 0 Å². The number of thiazole rings is 1. The number of nitrogens with one attached hydrogen (secondary N) is 1. The number of nitrogens with zero attached hydrogens (tertiary/aromatic N) is 3. The number of fused-ring (bicyclic) bond motifs is 1. The van der Waals surface area contributed by atoms with E-state index in [1.807, 2.05) is 24.0 Å². The number of aromatic nitrogens is 2.